The van der Waals surface area contributed by atoms with Crippen molar-refractivity contribution in [3.8, 4) is 0 Å². The summed E-state index contributed by atoms with van der Waals surface area (Å²) >= 11 is 1.53. The highest BCUT2D eigenvalue weighted by Crippen LogP contribution is 2.57. The molecule has 1 aromatic rings. The molecule has 0 aliphatic heterocycles. The SMILES string of the molecule is C[C@]12CCC=C(c3cc(N)c(N)c(N)c3)C1CCC2SN. The largest absolute Gasteiger partial charge is 0.397 e. The van der Waals surface area contributed by atoms with E-state index in [9.17, 15) is 0 Å². The summed E-state index contributed by atoms with van der Waals surface area (Å²) in [7, 11) is 0. The van der Waals surface area contributed by atoms with Crippen molar-refractivity contribution in [3.05, 3.63) is 23.8 Å². The van der Waals surface area contributed by atoms with Crippen molar-refractivity contribution in [1.82, 2.24) is 0 Å². The lowest BCUT2D eigenvalue weighted by atomic mass is 9.67. The molecule has 0 heterocycles. The zero-order valence-electron chi connectivity index (χ0n) is 12.4. The first kappa shape index (κ1) is 14.6. The highest BCUT2D eigenvalue weighted by molar-refractivity contribution is 7.97. The Morgan fingerprint density at radius 1 is 1.14 bits per heavy atom. The van der Waals surface area contributed by atoms with E-state index in [1.54, 1.807) is 0 Å². The van der Waals surface area contributed by atoms with Gasteiger partial charge in [0.1, 0.15) is 0 Å². The van der Waals surface area contributed by atoms with Crippen LogP contribution in [0, 0.1) is 11.3 Å². The van der Waals surface area contributed by atoms with Crippen LogP contribution in [0.4, 0.5) is 17.1 Å². The van der Waals surface area contributed by atoms with Crippen LogP contribution in [0.25, 0.3) is 5.57 Å². The number of benzene rings is 1. The van der Waals surface area contributed by atoms with E-state index in [0.29, 0.717) is 28.2 Å². The third-order valence-electron chi connectivity index (χ3n) is 5.41. The Kier molecular flexibility index (Phi) is 3.58. The lowest BCUT2D eigenvalue weighted by Crippen LogP contribution is -2.34. The highest BCUT2D eigenvalue weighted by Gasteiger charge is 2.49. The first-order chi connectivity index (χ1) is 9.97. The molecule has 0 saturated heterocycles. The fraction of sp³-hybridized carbons (Fsp3) is 0.500. The van der Waals surface area contributed by atoms with Gasteiger partial charge in [-0.25, -0.2) is 0 Å². The Morgan fingerprint density at radius 2 is 1.81 bits per heavy atom. The summed E-state index contributed by atoms with van der Waals surface area (Å²) in [6.45, 7) is 2.38. The minimum atomic E-state index is 0.272. The lowest BCUT2D eigenvalue weighted by Gasteiger charge is -2.40. The predicted octanol–water partition coefficient (Wildman–Crippen LogP) is 3.00. The normalized spacial score (nSPS) is 31.8. The van der Waals surface area contributed by atoms with Gasteiger partial charge in [0.05, 0.1) is 17.1 Å². The summed E-state index contributed by atoms with van der Waals surface area (Å²) in [5.74, 6) is 0.537. The van der Waals surface area contributed by atoms with Crippen molar-refractivity contribution >= 4 is 34.6 Å². The molecule has 0 aromatic heterocycles. The predicted molar refractivity (Wildman–Crippen MR) is 93.3 cm³/mol. The number of allylic oxidation sites excluding steroid dienone is 2. The number of hydrogen-bond acceptors (Lipinski definition) is 5. The van der Waals surface area contributed by atoms with E-state index in [1.165, 1.54) is 36.8 Å². The Labute approximate surface area is 130 Å². The summed E-state index contributed by atoms with van der Waals surface area (Å²) in [5, 5.41) is 6.46. The molecule has 8 N–H and O–H groups in total. The van der Waals surface area contributed by atoms with Crippen LogP contribution in [-0.2, 0) is 0 Å². The van der Waals surface area contributed by atoms with Crippen molar-refractivity contribution in [3.63, 3.8) is 0 Å². The molecule has 1 saturated carbocycles. The topological polar surface area (TPSA) is 104 Å². The molecule has 5 heteroatoms. The first-order valence-corrected chi connectivity index (χ1v) is 8.42. The zero-order chi connectivity index (χ0) is 15.2. The van der Waals surface area contributed by atoms with E-state index >= 15 is 0 Å². The number of nitrogens with two attached hydrogens (primary N) is 4. The molecule has 2 unspecified atom stereocenters. The molecule has 0 amide bonds. The average molecular weight is 304 g/mol. The van der Waals surface area contributed by atoms with Crippen LogP contribution < -0.4 is 22.3 Å². The number of hydrogen-bond donors (Lipinski definition) is 4. The Bertz CT molecular complexity index is 575. The second-order valence-corrected chi connectivity index (χ2v) is 7.37. The van der Waals surface area contributed by atoms with Gasteiger partial charge in [-0.2, -0.15) is 0 Å². The van der Waals surface area contributed by atoms with Crippen molar-refractivity contribution < 1.29 is 0 Å². The summed E-state index contributed by atoms with van der Waals surface area (Å²) in [6, 6.07) is 3.93. The molecule has 114 valence electrons. The molecule has 4 nitrogen and oxygen atoms in total. The summed E-state index contributed by atoms with van der Waals surface area (Å²) in [6.07, 6.45) is 7.00. The Morgan fingerprint density at radius 3 is 2.43 bits per heavy atom. The van der Waals surface area contributed by atoms with Gasteiger partial charge in [0.15, 0.2) is 0 Å². The van der Waals surface area contributed by atoms with Crippen LogP contribution in [0.3, 0.4) is 0 Å². The fourth-order valence-electron chi connectivity index (χ4n) is 4.14. The van der Waals surface area contributed by atoms with Gasteiger partial charge in [-0.1, -0.05) is 24.9 Å². The molecule has 3 rings (SSSR count). The van der Waals surface area contributed by atoms with Crippen molar-refractivity contribution in [1.29, 1.82) is 0 Å². The highest BCUT2D eigenvalue weighted by atomic mass is 32.2. The maximum Gasteiger partial charge on any atom is 0.0781 e. The maximum absolute atomic E-state index is 6.00. The van der Waals surface area contributed by atoms with E-state index < -0.39 is 0 Å². The number of fused-ring (bicyclic) bond motifs is 1. The molecular formula is C16H24N4S. The van der Waals surface area contributed by atoms with Crippen LogP contribution in [0.5, 0.6) is 0 Å². The van der Waals surface area contributed by atoms with Crippen LogP contribution >= 0.6 is 11.9 Å². The summed E-state index contributed by atoms with van der Waals surface area (Å²) in [5.41, 5.74) is 22.3. The molecule has 0 radical (unpaired) electrons. The average Bonchev–Trinajstić information content (AvgIpc) is 2.80. The monoisotopic (exact) mass is 304 g/mol. The van der Waals surface area contributed by atoms with Gasteiger partial charge in [0, 0.05) is 5.25 Å². The molecular weight excluding hydrogens is 280 g/mol. The lowest BCUT2D eigenvalue weighted by molar-refractivity contribution is 0.256. The van der Waals surface area contributed by atoms with Crippen LogP contribution in [0.1, 0.15) is 38.2 Å². The van der Waals surface area contributed by atoms with Crippen molar-refractivity contribution in [2.45, 2.75) is 37.9 Å². The second-order valence-electron chi connectivity index (χ2n) is 6.53. The third-order valence-corrected chi connectivity index (χ3v) is 6.52. The van der Waals surface area contributed by atoms with E-state index in [4.69, 9.17) is 22.3 Å². The standard InChI is InChI=1S/C16H24N4S/c1-16-6-2-3-10(11(16)4-5-14(16)21-20)9-7-12(17)15(19)13(18)8-9/h3,7-8,11,14H,2,4-6,17-20H2,1H3/t11?,14?,16-/m0/s1. The Balaban J connectivity index is 2.02. The smallest absolute Gasteiger partial charge is 0.0781 e. The number of rotatable bonds is 2. The quantitative estimate of drug-likeness (QED) is 0.496. The molecule has 21 heavy (non-hydrogen) atoms. The van der Waals surface area contributed by atoms with Gasteiger partial charge in [-0.15, -0.1) is 0 Å². The molecule has 1 fully saturated rings. The van der Waals surface area contributed by atoms with Crippen molar-refractivity contribution in [2.24, 2.45) is 16.5 Å². The zero-order valence-corrected chi connectivity index (χ0v) is 13.2. The third kappa shape index (κ3) is 2.19. The van der Waals surface area contributed by atoms with E-state index in [-0.39, 0.29) is 5.41 Å². The summed E-state index contributed by atoms with van der Waals surface area (Å²) in [4.78, 5) is 0. The van der Waals surface area contributed by atoms with Crippen molar-refractivity contribution in [2.75, 3.05) is 17.2 Å². The van der Waals surface area contributed by atoms with E-state index in [2.05, 4.69) is 13.0 Å². The summed E-state index contributed by atoms with van der Waals surface area (Å²) < 4.78 is 0. The maximum atomic E-state index is 6.00. The number of anilines is 3. The minimum Gasteiger partial charge on any atom is -0.397 e. The first-order valence-electron chi connectivity index (χ1n) is 7.48. The van der Waals surface area contributed by atoms with E-state index in [0.717, 1.165) is 12.0 Å². The molecule has 1 aromatic carbocycles. The van der Waals surface area contributed by atoms with Gasteiger partial charge < -0.3 is 17.2 Å². The van der Waals surface area contributed by atoms with Crippen LogP contribution in [-0.4, -0.2) is 5.25 Å². The van der Waals surface area contributed by atoms with Gasteiger partial charge in [0.2, 0.25) is 0 Å². The molecule has 0 spiro atoms. The van der Waals surface area contributed by atoms with Gasteiger partial charge >= 0.3 is 0 Å². The molecule has 3 atom stereocenters. The van der Waals surface area contributed by atoms with Crippen LogP contribution in [0.2, 0.25) is 0 Å². The number of nitrogen functional groups attached to an aromatic ring is 3. The fourth-order valence-corrected chi connectivity index (χ4v) is 5.00. The molecule has 0 bridgehead atoms. The van der Waals surface area contributed by atoms with Gasteiger partial charge in [-0.05, 0) is 60.3 Å². The molecule has 2 aliphatic carbocycles. The van der Waals surface area contributed by atoms with Crippen LogP contribution in [0.15, 0.2) is 18.2 Å². The molecule has 2 aliphatic rings. The van der Waals surface area contributed by atoms with Gasteiger partial charge in [0.25, 0.3) is 0 Å². The van der Waals surface area contributed by atoms with Gasteiger partial charge in [-0.3, -0.25) is 5.14 Å². The second kappa shape index (κ2) is 5.14. The minimum absolute atomic E-state index is 0.272. The van der Waals surface area contributed by atoms with E-state index in [1.807, 2.05) is 12.1 Å². The Hall–Kier alpha value is -1.33.